The highest BCUT2D eigenvalue weighted by molar-refractivity contribution is 7.92. The second-order valence-corrected chi connectivity index (χ2v) is 8.53. The number of sulfone groups is 1. The molecule has 4 rings (SSSR count). The average molecular weight is 361 g/mol. The zero-order chi connectivity index (χ0) is 17.7. The maximum Gasteiger partial charge on any atom is 0.231 e. The maximum atomic E-state index is 13.1. The first-order valence-corrected chi connectivity index (χ1v) is 9.58. The molecule has 1 fully saturated rings. The zero-order valence-electron chi connectivity index (χ0n) is 13.5. The van der Waals surface area contributed by atoms with Crippen molar-refractivity contribution in [2.75, 3.05) is 19.9 Å². The molecule has 0 spiro atoms. The van der Waals surface area contributed by atoms with Crippen LogP contribution in [0.25, 0.3) is 0 Å². The van der Waals surface area contributed by atoms with Gasteiger partial charge in [-0.25, -0.2) is 8.42 Å². The van der Waals surface area contributed by atoms with Gasteiger partial charge < -0.3 is 20.3 Å². The molecule has 7 heteroatoms. The van der Waals surface area contributed by atoms with Gasteiger partial charge in [0, 0.05) is 17.9 Å². The number of hydrogen-bond donors (Lipinski definition) is 2. The number of rotatable bonds is 5. The number of hydrogen-bond acceptors (Lipinski definition) is 6. The van der Waals surface area contributed by atoms with E-state index in [1.807, 2.05) is 6.07 Å². The molecule has 2 aromatic carbocycles. The van der Waals surface area contributed by atoms with Crippen LogP contribution in [-0.4, -0.2) is 38.7 Å². The van der Waals surface area contributed by atoms with Crippen LogP contribution in [0.4, 0.5) is 0 Å². The Bertz CT molecular complexity index is 893. The molecule has 0 saturated heterocycles. The van der Waals surface area contributed by atoms with Gasteiger partial charge in [0.15, 0.2) is 21.3 Å². The summed E-state index contributed by atoms with van der Waals surface area (Å²) in [4.78, 5) is 0.245. The summed E-state index contributed by atoms with van der Waals surface area (Å²) in [6.45, 7) is -0.0596. The molecule has 25 heavy (non-hydrogen) atoms. The molecule has 1 aliphatic carbocycles. The fraction of sp³-hybridized carbons (Fsp3) is 0.333. The fourth-order valence-corrected chi connectivity index (χ4v) is 6.28. The van der Waals surface area contributed by atoms with E-state index in [0.717, 1.165) is 5.56 Å². The van der Waals surface area contributed by atoms with Crippen molar-refractivity contribution in [2.45, 2.75) is 16.1 Å². The van der Waals surface area contributed by atoms with E-state index in [-0.39, 0.29) is 30.8 Å². The average Bonchev–Trinajstić information content (AvgIpc) is 3.12. The van der Waals surface area contributed by atoms with E-state index in [9.17, 15) is 13.5 Å². The number of benzene rings is 2. The first kappa shape index (κ1) is 16.4. The molecule has 1 heterocycles. The molecule has 0 bridgehead atoms. The van der Waals surface area contributed by atoms with Gasteiger partial charge in [-0.2, -0.15) is 0 Å². The summed E-state index contributed by atoms with van der Waals surface area (Å²) in [6.07, 6.45) is 0. The van der Waals surface area contributed by atoms with E-state index >= 15 is 0 Å². The Morgan fingerprint density at radius 1 is 1.12 bits per heavy atom. The van der Waals surface area contributed by atoms with Gasteiger partial charge in [-0.15, -0.1) is 0 Å². The van der Waals surface area contributed by atoms with Crippen LogP contribution in [-0.2, 0) is 9.84 Å². The van der Waals surface area contributed by atoms with Crippen LogP contribution in [0.2, 0.25) is 0 Å². The highest BCUT2D eigenvalue weighted by atomic mass is 32.2. The summed E-state index contributed by atoms with van der Waals surface area (Å²) < 4.78 is 36.9. The third kappa shape index (κ3) is 2.34. The molecule has 1 aliphatic heterocycles. The number of nitrogens with two attached hydrogens (primary N) is 1. The molecular weight excluding hydrogens is 342 g/mol. The minimum absolute atomic E-state index is 0.0827. The lowest BCUT2D eigenvalue weighted by molar-refractivity contribution is 0.174. The van der Waals surface area contributed by atoms with Crippen LogP contribution in [0.3, 0.4) is 0 Å². The van der Waals surface area contributed by atoms with Crippen molar-refractivity contribution in [1.29, 1.82) is 0 Å². The summed E-state index contributed by atoms with van der Waals surface area (Å²) in [5.74, 6) is 0.834. The first-order valence-electron chi connectivity index (χ1n) is 8.04. The summed E-state index contributed by atoms with van der Waals surface area (Å²) in [5, 5.41) is 9.20. The Kier molecular flexibility index (Phi) is 3.75. The lowest BCUT2D eigenvalue weighted by Gasteiger charge is -2.12. The Morgan fingerprint density at radius 3 is 2.52 bits per heavy atom. The van der Waals surface area contributed by atoms with Crippen molar-refractivity contribution < 1.29 is 23.0 Å². The van der Waals surface area contributed by atoms with Gasteiger partial charge in [-0.1, -0.05) is 24.3 Å². The highest BCUT2D eigenvalue weighted by Crippen LogP contribution is 2.63. The molecule has 0 radical (unpaired) electrons. The zero-order valence-corrected chi connectivity index (χ0v) is 14.3. The smallest absolute Gasteiger partial charge is 0.231 e. The highest BCUT2D eigenvalue weighted by Gasteiger charge is 2.70. The minimum atomic E-state index is -3.62. The molecule has 1 saturated carbocycles. The molecule has 3 unspecified atom stereocenters. The van der Waals surface area contributed by atoms with Gasteiger partial charge in [-0.05, 0) is 29.8 Å². The molecule has 0 aromatic heterocycles. The third-order valence-electron chi connectivity index (χ3n) is 5.22. The SMILES string of the molecule is NCC1(CO)C(c2ccc3c(c2)OCO3)C1S(=O)(=O)c1ccccc1. The number of aliphatic hydroxyl groups excluding tert-OH is 1. The monoisotopic (exact) mass is 361 g/mol. The molecule has 132 valence electrons. The standard InChI is InChI=1S/C18H19NO5S/c19-9-18(10-20)16(12-6-7-14-15(8-12)24-11-23-14)17(18)25(21,22)13-4-2-1-3-5-13/h1-8,16-17,20H,9-11,19H2. The Balaban J connectivity index is 1.77. The lowest BCUT2D eigenvalue weighted by atomic mass is 10.00. The van der Waals surface area contributed by atoms with Gasteiger partial charge in [-0.3, -0.25) is 0 Å². The number of fused-ring (bicyclic) bond motifs is 1. The predicted octanol–water partition coefficient (Wildman–Crippen LogP) is 1.29. The van der Waals surface area contributed by atoms with Crippen molar-refractivity contribution in [3.8, 4) is 11.5 Å². The van der Waals surface area contributed by atoms with Crippen molar-refractivity contribution >= 4 is 9.84 Å². The van der Waals surface area contributed by atoms with Crippen LogP contribution < -0.4 is 15.2 Å². The van der Waals surface area contributed by atoms with Crippen LogP contribution in [0, 0.1) is 5.41 Å². The Labute approximate surface area is 146 Å². The molecule has 0 amide bonds. The Hall–Kier alpha value is -2.09. The number of aliphatic hydroxyl groups is 1. The molecule has 2 aromatic rings. The molecular formula is C18H19NO5S. The van der Waals surface area contributed by atoms with Crippen molar-refractivity contribution in [3.05, 3.63) is 54.1 Å². The predicted molar refractivity (Wildman–Crippen MR) is 91.3 cm³/mol. The molecule has 2 aliphatic rings. The van der Waals surface area contributed by atoms with Gasteiger partial charge >= 0.3 is 0 Å². The second-order valence-electron chi connectivity index (χ2n) is 6.46. The van der Waals surface area contributed by atoms with Crippen molar-refractivity contribution in [1.82, 2.24) is 0 Å². The Morgan fingerprint density at radius 2 is 1.84 bits per heavy atom. The van der Waals surface area contributed by atoms with Crippen molar-refractivity contribution in [2.24, 2.45) is 11.1 Å². The maximum absolute atomic E-state index is 13.1. The van der Waals surface area contributed by atoms with Crippen molar-refractivity contribution in [3.63, 3.8) is 0 Å². The lowest BCUT2D eigenvalue weighted by Crippen LogP contribution is -2.27. The largest absolute Gasteiger partial charge is 0.454 e. The van der Waals surface area contributed by atoms with Gasteiger partial charge in [0.25, 0.3) is 0 Å². The quantitative estimate of drug-likeness (QED) is 0.833. The van der Waals surface area contributed by atoms with E-state index in [1.165, 1.54) is 0 Å². The van der Waals surface area contributed by atoms with Gasteiger partial charge in [0.05, 0.1) is 16.8 Å². The summed E-state index contributed by atoms with van der Waals surface area (Å²) in [5.41, 5.74) is 5.80. The third-order valence-corrected chi connectivity index (χ3v) is 7.56. The summed E-state index contributed by atoms with van der Waals surface area (Å²) in [6, 6.07) is 13.7. The number of ether oxygens (including phenoxy) is 2. The van der Waals surface area contributed by atoms with Crippen LogP contribution in [0.1, 0.15) is 11.5 Å². The fourth-order valence-electron chi connectivity index (χ4n) is 3.81. The van der Waals surface area contributed by atoms with E-state index < -0.39 is 20.5 Å². The first-order chi connectivity index (χ1) is 12.0. The molecule has 3 atom stereocenters. The van der Waals surface area contributed by atoms with Gasteiger partial charge in [0.2, 0.25) is 6.79 Å². The van der Waals surface area contributed by atoms with Gasteiger partial charge in [0.1, 0.15) is 0 Å². The summed E-state index contributed by atoms with van der Waals surface area (Å²) >= 11 is 0. The van der Waals surface area contributed by atoms with E-state index in [2.05, 4.69) is 0 Å². The molecule has 6 nitrogen and oxygen atoms in total. The van der Waals surface area contributed by atoms with Crippen LogP contribution >= 0.6 is 0 Å². The van der Waals surface area contributed by atoms with E-state index in [0.29, 0.717) is 11.5 Å². The topological polar surface area (TPSA) is 98.8 Å². The molecule has 3 N–H and O–H groups in total. The minimum Gasteiger partial charge on any atom is -0.454 e. The van der Waals surface area contributed by atoms with E-state index in [4.69, 9.17) is 15.2 Å². The second kappa shape index (κ2) is 5.72. The van der Waals surface area contributed by atoms with Crippen LogP contribution in [0.15, 0.2) is 53.4 Å². The summed E-state index contributed by atoms with van der Waals surface area (Å²) in [7, 11) is -3.62. The van der Waals surface area contributed by atoms with E-state index in [1.54, 1.807) is 42.5 Å². The normalized spacial score (nSPS) is 27.3. The van der Waals surface area contributed by atoms with Crippen LogP contribution in [0.5, 0.6) is 11.5 Å².